The molecule has 0 aliphatic carbocycles. The lowest BCUT2D eigenvalue weighted by Gasteiger charge is -2.25. The average Bonchev–Trinajstić information content (AvgIpc) is 2.39. The molecule has 1 fully saturated rings. The Labute approximate surface area is 110 Å². The first-order chi connectivity index (χ1) is 8.70. The molecule has 0 N–H and O–H groups in total. The Morgan fingerprint density at radius 3 is 2.83 bits per heavy atom. The third kappa shape index (κ3) is 3.30. The first-order valence-electron chi connectivity index (χ1n) is 6.92. The van der Waals surface area contributed by atoms with E-state index in [2.05, 4.69) is 38.1 Å². The van der Waals surface area contributed by atoms with Crippen molar-refractivity contribution in [2.75, 3.05) is 27.3 Å². The topological polar surface area (TPSA) is 25.4 Å². The van der Waals surface area contributed by atoms with Crippen LogP contribution in [0, 0.1) is 0 Å². The molecule has 18 heavy (non-hydrogen) atoms. The van der Waals surface area contributed by atoms with E-state index in [1.807, 2.05) is 0 Å². The minimum atomic E-state index is 0.534. The quantitative estimate of drug-likeness (QED) is 0.819. The average molecular weight is 248 g/mol. The summed E-state index contributed by atoms with van der Waals surface area (Å²) < 4.78 is 5.61. The van der Waals surface area contributed by atoms with Crippen LogP contribution in [-0.2, 0) is 17.7 Å². The van der Waals surface area contributed by atoms with Gasteiger partial charge in [-0.05, 0) is 45.0 Å². The van der Waals surface area contributed by atoms with Gasteiger partial charge in [0.1, 0.15) is 0 Å². The van der Waals surface area contributed by atoms with E-state index in [1.54, 1.807) is 0 Å². The second-order valence-electron chi connectivity index (χ2n) is 5.34. The SMILES string of the molecule is CCc1ccc(C2CCCOC2)c(CN(C)C)n1. The van der Waals surface area contributed by atoms with Gasteiger partial charge in [0.05, 0.1) is 12.3 Å². The maximum Gasteiger partial charge on any atom is 0.0582 e. The van der Waals surface area contributed by atoms with Crippen molar-refractivity contribution in [1.82, 2.24) is 9.88 Å². The number of aryl methyl sites for hydroxylation is 1. The zero-order chi connectivity index (χ0) is 13.0. The highest BCUT2D eigenvalue weighted by molar-refractivity contribution is 5.27. The van der Waals surface area contributed by atoms with Crippen LogP contribution in [-0.4, -0.2) is 37.2 Å². The van der Waals surface area contributed by atoms with Gasteiger partial charge >= 0.3 is 0 Å². The Bertz CT molecular complexity index is 384. The molecule has 1 saturated heterocycles. The molecule has 0 aromatic carbocycles. The smallest absolute Gasteiger partial charge is 0.0582 e. The number of ether oxygens (including phenoxy) is 1. The number of aromatic nitrogens is 1. The van der Waals surface area contributed by atoms with Gasteiger partial charge in [-0.1, -0.05) is 13.0 Å². The van der Waals surface area contributed by atoms with Crippen LogP contribution < -0.4 is 0 Å². The molecule has 1 atom stereocenters. The maximum absolute atomic E-state index is 5.61. The zero-order valence-electron chi connectivity index (χ0n) is 11.8. The van der Waals surface area contributed by atoms with E-state index >= 15 is 0 Å². The van der Waals surface area contributed by atoms with Crippen molar-refractivity contribution < 1.29 is 4.74 Å². The maximum atomic E-state index is 5.61. The molecule has 2 rings (SSSR count). The van der Waals surface area contributed by atoms with Gasteiger partial charge in [0.2, 0.25) is 0 Å². The molecular weight excluding hydrogens is 224 g/mol. The summed E-state index contributed by atoms with van der Waals surface area (Å²) in [6.45, 7) is 4.85. The van der Waals surface area contributed by atoms with Crippen LogP contribution in [0.2, 0.25) is 0 Å². The van der Waals surface area contributed by atoms with Gasteiger partial charge in [0.15, 0.2) is 0 Å². The van der Waals surface area contributed by atoms with Crippen LogP contribution in [0.15, 0.2) is 12.1 Å². The van der Waals surface area contributed by atoms with Crippen molar-refractivity contribution in [3.63, 3.8) is 0 Å². The molecule has 1 aromatic heterocycles. The van der Waals surface area contributed by atoms with Gasteiger partial charge in [-0.15, -0.1) is 0 Å². The van der Waals surface area contributed by atoms with Crippen molar-refractivity contribution >= 4 is 0 Å². The number of hydrogen-bond acceptors (Lipinski definition) is 3. The van der Waals surface area contributed by atoms with Crippen molar-refractivity contribution in [3.05, 3.63) is 29.1 Å². The highest BCUT2D eigenvalue weighted by Gasteiger charge is 2.20. The van der Waals surface area contributed by atoms with E-state index in [-0.39, 0.29) is 0 Å². The van der Waals surface area contributed by atoms with Crippen LogP contribution in [0.5, 0.6) is 0 Å². The molecule has 2 heterocycles. The molecule has 0 spiro atoms. The Balaban J connectivity index is 2.25. The Hall–Kier alpha value is -0.930. The van der Waals surface area contributed by atoms with Gasteiger partial charge in [0, 0.05) is 24.8 Å². The van der Waals surface area contributed by atoms with Gasteiger partial charge in [-0.25, -0.2) is 0 Å². The third-order valence-corrected chi connectivity index (χ3v) is 3.50. The minimum Gasteiger partial charge on any atom is -0.381 e. The number of hydrogen-bond donors (Lipinski definition) is 0. The second kappa shape index (κ2) is 6.30. The lowest BCUT2D eigenvalue weighted by atomic mass is 9.91. The monoisotopic (exact) mass is 248 g/mol. The highest BCUT2D eigenvalue weighted by Crippen LogP contribution is 2.28. The number of pyridine rings is 1. The fourth-order valence-corrected chi connectivity index (χ4v) is 2.54. The van der Waals surface area contributed by atoms with Crippen molar-refractivity contribution in [1.29, 1.82) is 0 Å². The Morgan fingerprint density at radius 1 is 1.39 bits per heavy atom. The highest BCUT2D eigenvalue weighted by atomic mass is 16.5. The van der Waals surface area contributed by atoms with Crippen LogP contribution in [0.1, 0.15) is 42.6 Å². The summed E-state index contributed by atoms with van der Waals surface area (Å²) in [4.78, 5) is 7.00. The largest absolute Gasteiger partial charge is 0.381 e. The summed E-state index contributed by atoms with van der Waals surface area (Å²) in [5, 5.41) is 0. The molecule has 3 heteroatoms. The van der Waals surface area contributed by atoms with Gasteiger partial charge in [-0.3, -0.25) is 4.98 Å². The molecular formula is C15H24N2O. The summed E-state index contributed by atoms with van der Waals surface area (Å²) >= 11 is 0. The minimum absolute atomic E-state index is 0.534. The van der Waals surface area contributed by atoms with Crippen molar-refractivity contribution in [2.45, 2.75) is 38.6 Å². The molecule has 0 amide bonds. The van der Waals surface area contributed by atoms with Crippen molar-refractivity contribution in [3.8, 4) is 0 Å². The van der Waals surface area contributed by atoms with E-state index in [0.29, 0.717) is 5.92 Å². The van der Waals surface area contributed by atoms with E-state index < -0.39 is 0 Å². The van der Waals surface area contributed by atoms with Crippen LogP contribution in [0.3, 0.4) is 0 Å². The predicted octanol–water partition coefficient (Wildman–Crippen LogP) is 2.60. The summed E-state index contributed by atoms with van der Waals surface area (Å²) in [5.41, 5.74) is 3.81. The molecule has 1 unspecified atom stereocenters. The predicted molar refractivity (Wildman–Crippen MR) is 73.8 cm³/mol. The molecule has 1 aliphatic heterocycles. The summed E-state index contributed by atoms with van der Waals surface area (Å²) in [6.07, 6.45) is 3.40. The van der Waals surface area contributed by atoms with E-state index in [9.17, 15) is 0 Å². The second-order valence-corrected chi connectivity index (χ2v) is 5.34. The molecule has 0 radical (unpaired) electrons. The summed E-state index contributed by atoms with van der Waals surface area (Å²) in [6, 6.07) is 4.44. The number of rotatable bonds is 4. The van der Waals surface area contributed by atoms with E-state index in [4.69, 9.17) is 9.72 Å². The van der Waals surface area contributed by atoms with E-state index in [0.717, 1.165) is 26.2 Å². The molecule has 0 bridgehead atoms. The molecule has 3 nitrogen and oxygen atoms in total. The zero-order valence-corrected chi connectivity index (χ0v) is 11.8. The lowest BCUT2D eigenvalue weighted by Crippen LogP contribution is -2.20. The Morgan fingerprint density at radius 2 is 2.22 bits per heavy atom. The van der Waals surface area contributed by atoms with Crippen LogP contribution in [0.25, 0.3) is 0 Å². The number of nitrogens with zero attached hydrogens (tertiary/aromatic N) is 2. The fraction of sp³-hybridized carbons (Fsp3) is 0.667. The van der Waals surface area contributed by atoms with E-state index in [1.165, 1.54) is 29.8 Å². The van der Waals surface area contributed by atoms with Crippen molar-refractivity contribution in [2.24, 2.45) is 0 Å². The molecule has 1 aromatic rings. The third-order valence-electron chi connectivity index (χ3n) is 3.50. The van der Waals surface area contributed by atoms with Crippen LogP contribution in [0.4, 0.5) is 0 Å². The van der Waals surface area contributed by atoms with Gasteiger partial charge in [-0.2, -0.15) is 0 Å². The lowest BCUT2D eigenvalue weighted by molar-refractivity contribution is 0.0799. The summed E-state index contributed by atoms with van der Waals surface area (Å²) in [5.74, 6) is 0.534. The first kappa shape index (κ1) is 13.5. The summed E-state index contributed by atoms with van der Waals surface area (Å²) in [7, 11) is 4.20. The molecule has 100 valence electrons. The molecule has 1 aliphatic rings. The van der Waals surface area contributed by atoms with Gasteiger partial charge in [0.25, 0.3) is 0 Å². The standard InChI is InChI=1S/C15H24N2O/c1-4-13-7-8-14(12-6-5-9-18-11-12)15(16-13)10-17(2)3/h7-8,12H,4-6,9-11H2,1-3H3. The fourth-order valence-electron chi connectivity index (χ4n) is 2.54. The first-order valence-corrected chi connectivity index (χ1v) is 6.92. The Kier molecular flexibility index (Phi) is 4.72. The molecule has 0 saturated carbocycles. The normalized spacial score (nSPS) is 20.3. The van der Waals surface area contributed by atoms with Crippen LogP contribution >= 0.6 is 0 Å². The van der Waals surface area contributed by atoms with Gasteiger partial charge < -0.3 is 9.64 Å².